The van der Waals surface area contributed by atoms with Crippen LogP contribution in [0.3, 0.4) is 0 Å². The van der Waals surface area contributed by atoms with Gasteiger partial charge in [0.15, 0.2) is 23.2 Å². The Morgan fingerprint density at radius 1 is 1.36 bits per heavy atom. The number of hydrogen-bond acceptors (Lipinski definition) is 8. The highest BCUT2D eigenvalue weighted by atomic mass is 127. The summed E-state index contributed by atoms with van der Waals surface area (Å²) in [4.78, 5) is 13.2. The second-order valence-electron chi connectivity index (χ2n) is 7.06. The quantitative estimate of drug-likeness (QED) is 0.450. The van der Waals surface area contributed by atoms with Gasteiger partial charge in [0.25, 0.3) is 0 Å². The summed E-state index contributed by atoms with van der Waals surface area (Å²) in [6.07, 6.45) is 2.30. The van der Waals surface area contributed by atoms with Crippen LogP contribution in [0.15, 0.2) is 36.9 Å². The van der Waals surface area contributed by atoms with E-state index in [2.05, 4.69) is 61.1 Å². The first kappa shape index (κ1) is 18.2. The molecule has 4 atom stereocenters. The van der Waals surface area contributed by atoms with Gasteiger partial charge in [-0.05, 0) is 40.3 Å². The lowest BCUT2D eigenvalue weighted by atomic mass is 9.98. The van der Waals surface area contributed by atoms with Gasteiger partial charge in [0.2, 0.25) is 0 Å². The summed E-state index contributed by atoms with van der Waals surface area (Å²) in [5.74, 6) is 0.646. The molecular weight excluding hydrogens is 475 g/mol. The standard InChI is InChI=1S/C18H19IN6O3/c19-11-3-1-2-10(4-11)5-21-15-12-16(23-8-22-15)25(9-24-12)17-13-14(20)18(6-26,28-17)7-27-13/h1-4,8-9,13-14,17,26H,5-7,20H2,(H,21,22,23)/t13-,14?,17+,18-/m0/s1. The minimum atomic E-state index is -0.871. The summed E-state index contributed by atoms with van der Waals surface area (Å²) in [6, 6.07) is 7.84. The number of aliphatic hydroxyl groups is 1. The van der Waals surface area contributed by atoms with E-state index in [0.29, 0.717) is 23.5 Å². The van der Waals surface area contributed by atoms with Gasteiger partial charge in [-0.2, -0.15) is 0 Å². The fourth-order valence-corrected chi connectivity index (χ4v) is 4.43. The lowest BCUT2D eigenvalue weighted by molar-refractivity contribution is -0.182. The maximum atomic E-state index is 9.74. The third-order valence-electron chi connectivity index (χ3n) is 5.37. The van der Waals surface area contributed by atoms with E-state index >= 15 is 0 Å². The van der Waals surface area contributed by atoms with Gasteiger partial charge < -0.3 is 25.6 Å². The third-order valence-corrected chi connectivity index (χ3v) is 6.04. The summed E-state index contributed by atoms with van der Waals surface area (Å²) in [5.41, 5.74) is 7.79. The Hall–Kier alpha value is -1.86. The second-order valence-corrected chi connectivity index (χ2v) is 8.31. The fraction of sp³-hybridized carbons (Fsp3) is 0.389. The first-order valence-corrected chi connectivity index (χ1v) is 10.0. The predicted octanol–water partition coefficient (Wildman–Crippen LogP) is 1.03. The molecule has 0 saturated carbocycles. The van der Waals surface area contributed by atoms with Crippen LogP contribution in [0.25, 0.3) is 11.2 Å². The molecule has 9 nitrogen and oxygen atoms in total. The number of nitrogens with two attached hydrogens (primary N) is 1. The van der Waals surface area contributed by atoms with Crippen LogP contribution < -0.4 is 11.1 Å². The van der Waals surface area contributed by atoms with E-state index in [4.69, 9.17) is 15.2 Å². The van der Waals surface area contributed by atoms with Crippen LogP contribution in [-0.2, 0) is 16.0 Å². The maximum absolute atomic E-state index is 9.74. The molecule has 4 heterocycles. The monoisotopic (exact) mass is 494 g/mol. The maximum Gasteiger partial charge on any atom is 0.167 e. The average molecular weight is 494 g/mol. The molecule has 146 valence electrons. The van der Waals surface area contributed by atoms with Gasteiger partial charge in [0.1, 0.15) is 18.0 Å². The van der Waals surface area contributed by atoms with Crippen LogP contribution in [0.5, 0.6) is 0 Å². The number of imidazole rings is 1. The number of benzene rings is 1. The largest absolute Gasteiger partial charge is 0.393 e. The van der Waals surface area contributed by atoms with Crippen LogP contribution in [-0.4, -0.2) is 55.6 Å². The van der Waals surface area contributed by atoms with E-state index in [1.807, 2.05) is 6.07 Å². The number of nitrogens with one attached hydrogen (secondary N) is 1. The van der Waals surface area contributed by atoms with E-state index in [0.717, 1.165) is 5.56 Å². The molecule has 5 rings (SSSR count). The van der Waals surface area contributed by atoms with Crippen molar-refractivity contribution in [3.63, 3.8) is 0 Å². The zero-order valence-electron chi connectivity index (χ0n) is 14.8. The molecule has 0 amide bonds. The number of nitrogens with zero attached hydrogens (tertiary/aromatic N) is 4. The smallest absolute Gasteiger partial charge is 0.167 e. The molecule has 10 heteroatoms. The third kappa shape index (κ3) is 2.78. The SMILES string of the molecule is NC1[C@@H]2OC[C@]1(CO)O[C@H]2n1cnc2c(NCc3cccc(I)c3)ncnc21. The molecule has 3 aromatic rings. The number of ether oxygens (including phenoxy) is 2. The molecule has 2 aromatic heterocycles. The van der Waals surface area contributed by atoms with Crippen molar-refractivity contribution in [2.45, 2.75) is 30.5 Å². The molecule has 1 aromatic carbocycles. The Morgan fingerprint density at radius 3 is 3.04 bits per heavy atom. The average Bonchev–Trinajstić information content (AvgIpc) is 3.36. The second kappa shape index (κ2) is 6.88. The lowest BCUT2D eigenvalue weighted by Gasteiger charge is -2.29. The Morgan fingerprint density at radius 2 is 2.25 bits per heavy atom. The van der Waals surface area contributed by atoms with Crippen molar-refractivity contribution >= 4 is 39.6 Å². The summed E-state index contributed by atoms with van der Waals surface area (Å²) in [7, 11) is 0. The zero-order valence-corrected chi connectivity index (χ0v) is 17.0. The van der Waals surface area contributed by atoms with Crippen molar-refractivity contribution in [2.75, 3.05) is 18.5 Å². The summed E-state index contributed by atoms with van der Waals surface area (Å²) in [5, 5.41) is 13.1. The van der Waals surface area contributed by atoms with Gasteiger partial charge in [-0.3, -0.25) is 4.57 Å². The van der Waals surface area contributed by atoms with Gasteiger partial charge >= 0.3 is 0 Å². The molecule has 28 heavy (non-hydrogen) atoms. The number of rotatable bonds is 5. The van der Waals surface area contributed by atoms with Gasteiger partial charge in [0, 0.05) is 10.1 Å². The number of aliphatic hydroxyl groups excluding tert-OH is 1. The van der Waals surface area contributed by atoms with E-state index < -0.39 is 17.9 Å². The Balaban J connectivity index is 1.43. The molecule has 2 saturated heterocycles. The number of halogens is 1. The molecule has 0 spiro atoms. The van der Waals surface area contributed by atoms with E-state index in [1.165, 1.54) is 9.90 Å². The molecule has 0 radical (unpaired) electrons. The van der Waals surface area contributed by atoms with E-state index in [1.54, 1.807) is 10.9 Å². The first-order chi connectivity index (χ1) is 13.6. The summed E-state index contributed by atoms with van der Waals surface area (Å²) in [6.45, 7) is 0.724. The Labute approximate surface area is 174 Å². The predicted molar refractivity (Wildman–Crippen MR) is 109 cm³/mol. The van der Waals surface area contributed by atoms with Crippen molar-refractivity contribution < 1.29 is 14.6 Å². The molecule has 0 aliphatic carbocycles. The molecule has 2 aliphatic heterocycles. The van der Waals surface area contributed by atoms with Gasteiger partial charge in [-0.1, -0.05) is 12.1 Å². The van der Waals surface area contributed by atoms with Crippen molar-refractivity contribution in [1.82, 2.24) is 19.5 Å². The lowest BCUT2D eigenvalue weighted by Crippen LogP contribution is -2.48. The summed E-state index contributed by atoms with van der Waals surface area (Å²) < 4.78 is 14.8. The molecule has 2 bridgehead atoms. The molecule has 2 aliphatic rings. The van der Waals surface area contributed by atoms with Gasteiger partial charge in [-0.15, -0.1) is 0 Å². The fourth-order valence-electron chi connectivity index (χ4n) is 3.82. The zero-order chi connectivity index (χ0) is 19.3. The molecule has 4 N–H and O–H groups in total. The van der Waals surface area contributed by atoms with Crippen LogP contribution in [0, 0.1) is 3.57 Å². The van der Waals surface area contributed by atoms with Crippen LogP contribution in [0.1, 0.15) is 11.8 Å². The van der Waals surface area contributed by atoms with Crippen LogP contribution >= 0.6 is 22.6 Å². The molecule has 2 fully saturated rings. The normalized spacial score (nSPS) is 28.9. The highest BCUT2D eigenvalue weighted by molar-refractivity contribution is 14.1. The molecular formula is C18H19IN6O3. The summed E-state index contributed by atoms with van der Waals surface area (Å²) >= 11 is 2.29. The van der Waals surface area contributed by atoms with Gasteiger partial charge in [-0.25, -0.2) is 15.0 Å². The topological polar surface area (TPSA) is 120 Å². The number of anilines is 1. The van der Waals surface area contributed by atoms with Crippen molar-refractivity contribution in [2.24, 2.45) is 5.73 Å². The highest BCUT2D eigenvalue weighted by Crippen LogP contribution is 2.44. The van der Waals surface area contributed by atoms with Crippen LogP contribution in [0.4, 0.5) is 5.82 Å². The minimum absolute atomic E-state index is 0.189. The minimum Gasteiger partial charge on any atom is -0.393 e. The number of fused-ring (bicyclic) bond motifs is 3. The Kier molecular flexibility index (Phi) is 4.47. The number of aromatic nitrogens is 4. The first-order valence-electron chi connectivity index (χ1n) is 8.93. The Bertz CT molecular complexity index is 1030. The molecule has 1 unspecified atom stereocenters. The number of hydrogen-bond donors (Lipinski definition) is 3. The van der Waals surface area contributed by atoms with Crippen molar-refractivity contribution in [1.29, 1.82) is 0 Å². The van der Waals surface area contributed by atoms with Crippen LogP contribution in [0.2, 0.25) is 0 Å². The van der Waals surface area contributed by atoms with Crippen molar-refractivity contribution in [3.05, 3.63) is 46.1 Å². The highest BCUT2D eigenvalue weighted by Gasteiger charge is 2.60. The van der Waals surface area contributed by atoms with E-state index in [-0.39, 0.29) is 19.3 Å². The van der Waals surface area contributed by atoms with Gasteiger partial charge in [0.05, 0.1) is 25.6 Å². The van der Waals surface area contributed by atoms with E-state index in [9.17, 15) is 5.11 Å². The van der Waals surface area contributed by atoms with Crippen molar-refractivity contribution in [3.8, 4) is 0 Å².